The average Bonchev–Trinajstić information content (AvgIpc) is 2.71. The van der Waals surface area contributed by atoms with Gasteiger partial charge in [-0.15, -0.1) is 22.9 Å². The van der Waals surface area contributed by atoms with Gasteiger partial charge in [-0.3, -0.25) is 0 Å². The van der Waals surface area contributed by atoms with Crippen molar-refractivity contribution in [2.45, 2.75) is 12.8 Å². The van der Waals surface area contributed by atoms with Crippen LogP contribution in [0.2, 0.25) is 0 Å². The predicted octanol–water partition coefficient (Wildman–Crippen LogP) is 3.45. The van der Waals surface area contributed by atoms with Gasteiger partial charge in [0.15, 0.2) is 5.76 Å². The van der Waals surface area contributed by atoms with E-state index in [0.29, 0.717) is 11.8 Å². The van der Waals surface area contributed by atoms with E-state index in [2.05, 4.69) is 18.0 Å². The first kappa shape index (κ1) is 8.78. The first-order valence-corrected chi connectivity index (χ1v) is 5.28. The molecule has 2 aromatic rings. The second-order valence-electron chi connectivity index (χ2n) is 2.68. The van der Waals surface area contributed by atoms with Crippen LogP contribution in [-0.4, -0.2) is 4.98 Å². The molecule has 0 radical (unpaired) electrons. The molecule has 0 aliphatic carbocycles. The van der Waals surface area contributed by atoms with Crippen molar-refractivity contribution >= 4 is 22.9 Å². The summed E-state index contributed by atoms with van der Waals surface area (Å²) in [6.45, 7) is 2.05. The quantitative estimate of drug-likeness (QED) is 0.715. The molecule has 2 nitrogen and oxygen atoms in total. The molecule has 0 unspecified atom stereocenters. The standard InChI is InChI=1S/C9H8ClNOS/c1-6-2-3-13-9(6)7-5-11-8(4-10)12-7/h2-3,5H,4H2,1H3. The fourth-order valence-corrected chi connectivity index (χ4v) is 2.10. The maximum atomic E-state index is 5.59. The van der Waals surface area contributed by atoms with Gasteiger partial charge in [-0.05, 0) is 23.9 Å². The minimum absolute atomic E-state index is 0.324. The highest BCUT2D eigenvalue weighted by Gasteiger charge is 2.08. The Hall–Kier alpha value is -0.800. The van der Waals surface area contributed by atoms with Crippen LogP contribution in [0, 0.1) is 6.92 Å². The number of nitrogens with zero attached hydrogens (tertiary/aromatic N) is 1. The lowest BCUT2D eigenvalue weighted by Crippen LogP contribution is -1.71. The largest absolute Gasteiger partial charge is 0.439 e. The molecule has 0 saturated heterocycles. The molecule has 0 atom stereocenters. The van der Waals surface area contributed by atoms with E-state index in [-0.39, 0.29) is 0 Å². The Morgan fingerprint density at radius 3 is 3.00 bits per heavy atom. The molecular weight excluding hydrogens is 206 g/mol. The number of thiophene rings is 1. The Kier molecular flexibility index (Phi) is 2.38. The van der Waals surface area contributed by atoms with Gasteiger partial charge in [0, 0.05) is 0 Å². The van der Waals surface area contributed by atoms with Crippen molar-refractivity contribution in [2.75, 3.05) is 0 Å². The van der Waals surface area contributed by atoms with Gasteiger partial charge in [0.1, 0.15) is 0 Å². The summed E-state index contributed by atoms with van der Waals surface area (Å²) in [5.41, 5.74) is 1.21. The molecule has 4 heteroatoms. The maximum Gasteiger partial charge on any atom is 0.209 e. The minimum atomic E-state index is 0.324. The SMILES string of the molecule is Cc1ccsc1-c1cnc(CCl)o1. The van der Waals surface area contributed by atoms with E-state index in [0.717, 1.165) is 10.6 Å². The monoisotopic (exact) mass is 213 g/mol. The van der Waals surface area contributed by atoms with Crippen LogP contribution in [0.1, 0.15) is 11.5 Å². The van der Waals surface area contributed by atoms with Crippen molar-refractivity contribution < 1.29 is 4.42 Å². The van der Waals surface area contributed by atoms with Crippen LogP contribution < -0.4 is 0 Å². The lowest BCUT2D eigenvalue weighted by Gasteiger charge is -1.91. The van der Waals surface area contributed by atoms with Gasteiger partial charge in [0.05, 0.1) is 17.0 Å². The van der Waals surface area contributed by atoms with Gasteiger partial charge in [-0.2, -0.15) is 0 Å². The zero-order valence-corrected chi connectivity index (χ0v) is 8.65. The Bertz CT molecular complexity index is 407. The molecule has 2 rings (SSSR count). The Labute approximate surface area is 85.2 Å². The molecule has 0 spiro atoms. The third-order valence-electron chi connectivity index (χ3n) is 1.75. The molecule has 2 aromatic heterocycles. The number of oxazole rings is 1. The van der Waals surface area contributed by atoms with Gasteiger partial charge in [0.2, 0.25) is 5.89 Å². The maximum absolute atomic E-state index is 5.59. The zero-order valence-electron chi connectivity index (χ0n) is 7.08. The Morgan fingerprint density at radius 2 is 2.46 bits per heavy atom. The number of halogens is 1. The molecule has 0 amide bonds. The molecule has 0 bridgehead atoms. The van der Waals surface area contributed by atoms with Crippen molar-refractivity contribution in [3.63, 3.8) is 0 Å². The summed E-state index contributed by atoms with van der Waals surface area (Å²) >= 11 is 7.24. The highest BCUT2D eigenvalue weighted by atomic mass is 35.5. The van der Waals surface area contributed by atoms with Crippen LogP contribution >= 0.6 is 22.9 Å². The van der Waals surface area contributed by atoms with Gasteiger partial charge >= 0.3 is 0 Å². The van der Waals surface area contributed by atoms with E-state index >= 15 is 0 Å². The number of aryl methyl sites for hydroxylation is 1. The summed E-state index contributed by atoms with van der Waals surface area (Å²) in [5.74, 6) is 1.71. The van der Waals surface area contributed by atoms with Gasteiger partial charge in [-0.25, -0.2) is 4.98 Å². The molecule has 0 fully saturated rings. The van der Waals surface area contributed by atoms with E-state index in [1.54, 1.807) is 17.5 Å². The van der Waals surface area contributed by atoms with Crippen molar-refractivity contribution in [2.24, 2.45) is 0 Å². The lowest BCUT2D eigenvalue weighted by molar-refractivity contribution is 0.529. The molecule has 13 heavy (non-hydrogen) atoms. The summed E-state index contributed by atoms with van der Waals surface area (Å²) in [5, 5.41) is 2.04. The Morgan fingerprint density at radius 1 is 1.62 bits per heavy atom. The van der Waals surface area contributed by atoms with Gasteiger partial charge < -0.3 is 4.42 Å². The van der Waals surface area contributed by atoms with Crippen molar-refractivity contribution in [3.8, 4) is 10.6 Å². The Balaban J connectivity index is 2.41. The molecule has 0 aromatic carbocycles. The summed E-state index contributed by atoms with van der Waals surface area (Å²) in [6.07, 6.45) is 1.72. The third kappa shape index (κ3) is 1.62. The summed E-state index contributed by atoms with van der Waals surface area (Å²) in [7, 11) is 0. The lowest BCUT2D eigenvalue weighted by atomic mass is 10.2. The van der Waals surface area contributed by atoms with Crippen molar-refractivity contribution in [1.82, 2.24) is 4.98 Å². The van der Waals surface area contributed by atoms with Crippen molar-refractivity contribution in [1.29, 1.82) is 0 Å². The fourth-order valence-electron chi connectivity index (χ4n) is 1.10. The highest BCUT2D eigenvalue weighted by molar-refractivity contribution is 7.13. The van der Waals surface area contributed by atoms with E-state index in [4.69, 9.17) is 16.0 Å². The minimum Gasteiger partial charge on any atom is -0.439 e. The van der Waals surface area contributed by atoms with Crippen LogP contribution in [0.15, 0.2) is 22.1 Å². The second-order valence-corrected chi connectivity index (χ2v) is 3.87. The molecule has 0 saturated carbocycles. The first-order chi connectivity index (χ1) is 6.31. The van der Waals surface area contributed by atoms with Crippen LogP contribution in [0.5, 0.6) is 0 Å². The molecular formula is C9H8ClNOS. The van der Waals surface area contributed by atoms with Crippen LogP contribution in [0.3, 0.4) is 0 Å². The predicted molar refractivity (Wildman–Crippen MR) is 54.1 cm³/mol. The fraction of sp³-hybridized carbons (Fsp3) is 0.222. The molecule has 68 valence electrons. The van der Waals surface area contributed by atoms with Crippen molar-refractivity contribution in [3.05, 3.63) is 29.1 Å². The summed E-state index contributed by atoms with van der Waals surface area (Å²) in [6, 6.07) is 2.06. The second kappa shape index (κ2) is 3.52. The molecule has 0 N–H and O–H groups in total. The number of rotatable bonds is 2. The van der Waals surface area contributed by atoms with E-state index in [1.807, 2.05) is 5.38 Å². The highest BCUT2D eigenvalue weighted by Crippen LogP contribution is 2.29. The van der Waals surface area contributed by atoms with Crippen LogP contribution in [-0.2, 0) is 5.88 Å². The van der Waals surface area contributed by atoms with Gasteiger partial charge in [0.25, 0.3) is 0 Å². The molecule has 2 heterocycles. The molecule has 0 aliphatic rings. The summed E-state index contributed by atoms with van der Waals surface area (Å²) in [4.78, 5) is 5.17. The van der Waals surface area contributed by atoms with E-state index in [1.165, 1.54) is 5.56 Å². The number of alkyl halides is 1. The number of hydrogen-bond acceptors (Lipinski definition) is 3. The van der Waals surface area contributed by atoms with Crippen LogP contribution in [0.25, 0.3) is 10.6 Å². The van der Waals surface area contributed by atoms with Crippen LogP contribution in [0.4, 0.5) is 0 Å². The van der Waals surface area contributed by atoms with E-state index in [9.17, 15) is 0 Å². The smallest absolute Gasteiger partial charge is 0.209 e. The van der Waals surface area contributed by atoms with E-state index < -0.39 is 0 Å². The normalized spacial score (nSPS) is 10.6. The molecule has 0 aliphatic heterocycles. The third-order valence-corrected chi connectivity index (χ3v) is 3.01. The number of hydrogen-bond donors (Lipinski definition) is 0. The number of aromatic nitrogens is 1. The topological polar surface area (TPSA) is 26.0 Å². The summed E-state index contributed by atoms with van der Waals surface area (Å²) < 4.78 is 5.43. The van der Waals surface area contributed by atoms with Gasteiger partial charge in [-0.1, -0.05) is 0 Å². The first-order valence-electron chi connectivity index (χ1n) is 3.86. The average molecular weight is 214 g/mol. The zero-order chi connectivity index (χ0) is 9.26.